The molecular weight excluding hydrogens is 398 g/mol. The van der Waals surface area contributed by atoms with Crippen molar-refractivity contribution in [2.24, 2.45) is 7.05 Å². The average Bonchev–Trinajstić information content (AvgIpc) is 3.25. The molecule has 1 aromatic carbocycles. The molecule has 1 unspecified atom stereocenters. The van der Waals surface area contributed by atoms with E-state index in [1.807, 2.05) is 16.5 Å². The number of nitrogens with zero attached hydrogens (tertiary/aromatic N) is 6. The lowest BCUT2D eigenvalue weighted by Crippen LogP contribution is -2.24. The molecule has 0 aliphatic rings. The average molecular weight is 420 g/mol. The lowest BCUT2D eigenvalue weighted by atomic mass is 10.0. The van der Waals surface area contributed by atoms with Gasteiger partial charge in [0, 0.05) is 12.4 Å². The SMILES string of the molecule is Cc1cc(C)c2c(c1)c(C)cc1nnc(SC(C)C(=O)Nc3c(C#N)cnn3C)n12. The van der Waals surface area contributed by atoms with Gasteiger partial charge in [-0.1, -0.05) is 23.4 Å². The van der Waals surface area contributed by atoms with Gasteiger partial charge in [0.1, 0.15) is 17.5 Å². The van der Waals surface area contributed by atoms with Crippen molar-refractivity contribution in [3.63, 3.8) is 0 Å². The van der Waals surface area contributed by atoms with E-state index in [9.17, 15) is 10.1 Å². The largest absolute Gasteiger partial charge is 0.309 e. The summed E-state index contributed by atoms with van der Waals surface area (Å²) >= 11 is 1.33. The van der Waals surface area contributed by atoms with E-state index < -0.39 is 5.25 Å². The van der Waals surface area contributed by atoms with Crippen LogP contribution in [-0.4, -0.2) is 35.5 Å². The van der Waals surface area contributed by atoms with Gasteiger partial charge < -0.3 is 5.32 Å². The maximum Gasteiger partial charge on any atom is 0.238 e. The number of nitrogens with one attached hydrogen (secondary N) is 1. The normalized spacial score (nSPS) is 12.3. The van der Waals surface area contributed by atoms with Gasteiger partial charge in [0.15, 0.2) is 10.8 Å². The topological polar surface area (TPSA) is 101 Å². The number of rotatable bonds is 4. The van der Waals surface area contributed by atoms with E-state index >= 15 is 0 Å². The first-order chi connectivity index (χ1) is 14.3. The van der Waals surface area contributed by atoms with E-state index in [1.54, 1.807) is 14.0 Å². The molecule has 3 heterocycles. The molecule has 1 N–H and O–H groups in total. The molecule has 3 aromatic heterocycles. The number of benzene rings is 1. The highest BCUT2D eigenvalue weighted by molar-refractivity contribution is 8.00. The summed E-state index contributed by atoms with van der Waals surface area (Å²) in [4.78, 5) is 12.8. The van der Waals surface area contributed by atoms with Gasteiger partial charge in [-0.15, -0.1) is 10.2 Å². The second-order valence-corrected chi connectivity index (χ2v) is 8.68. The van der Waals surface area contributed by atoms with Crippen molar-refractivity contribution in [1.82, 2.24) is 24.4 Å². The van der Waals surface area contributed by atoms with Gasteiger partial charge in [0.25, 0.3) is 0 Å². The van der Waals surface area contributed by atoms with Crippen LogP contribution in [0.3, 0.4) is 0 Å². The van der Waals surface area contributed by atoms with E-state index in [2.05, 4.69) is 53.5 Å². The third-order valence-electron chi connectivity index (χ3n) is 5.05. The highest BCUT2D eigenvalue weighted by Crippen LogP contribution is 2.31. The molecule has 0 saturated carbocycles. The zero-order chi connectivity index (χ0) is 21.6. The van der Waals surface area contributed by atoms with E-state index in [-0.39, 0.29) is 5.91 Å². The number of aryl methyl sites for hydroxylation is 4. The van der Waals surface area contributed by atoms with Gasteiger partial charge in [-0.2, -0.15) is 10.4 Å². The Morgan fingerprint density at radius 1 is 1.20 bits per heavy atom. The fourth-order valence-corrected chi connectivity index (χ4v) is 4.45. The maximum absolute atomic E-state index is 12.8. The minimum absolute atomic E-state index is 0.235. The lowest BCUT2D eigenvalue weighted by molar-refractivity contribution is -0.115. The lowest BCUT2D eigenvalue weighted by Gasteiger charge is -2.14. The van der Waals surface area contributed by atoms with Gasteiger partial charge in [-0.3, -0.25) is 13.9 Å². The first-order valence-corrected chi connectivity index (χ1v) is 10.3. The summed E-state index contributed by atoms with van der Waals surface area (Å²) in [7, 11) is 1.68. The summed E-state index contributed by atoms with van der Waals surface area (Å²) in [6.45, 7) is 8.03. The first kappa shape index (κ1) is 19.9. The second kappa shape index (κ2) is 7.46. The minimum atomic E-state index is -0.457. The number of thioether (sulfide) groups is 1. The van der Waals surface area contributed by atoms with Crippen LogP contribution in [0, 0.1) is 32.1 Å². The van der Waals surface area contributed by atoms with E-state index in [0.29, 0.717) is 16.5 Å². The molecule has 9 heteroatoms. The number of nitriles is 1. The number of hydrogen-bond donors (Lipinski definition) is 1. The Morgan fingerprint density at radius 3 is 2.70 bits per heavy atom. The molecule has 0 radical (unpaired) electrons. The van der Waals surface area contributed by atoms with Crippen molar-refractivity contribution in [2.75, 3.05) is 5.32 Å². The maximum atomic E-state index is 12.8. The molecule has 152 valence electrons. The molecule has 0 fully saturated rings. The van der Waals surface area contributed by atoms with Crippen molar-refractivity contribution in [2.45, 2.75) is 38.1 Å². The number of anilines is 1. The Morgan fingerprint density at radius 2 is 1.97 bits per heavy atom. The number of fused-ring (bicyclic) bond motifs is 3. The molecule has 1 atom stereocenters. The molecule has 0 aliphatic carbocycles. The predicted octanol–water partition coefficient (Wildman–Crippen LogP) is 3.53. The first-order valence-electron chi connectivity index (χ1n) is 9.45. The Hall–Kier alpha value is -3.38. The van der Waals surface area contributed by atoms with Crippen LogP contribution in [0.15, 0.2) is 29.6 Å². The van der Waals surface area contributed by atoms with Crippen LogP contribution in [0.2, 0.25) is 0 Å². The number of aromatic nitrogens is 5. The standard InChI is InChI=1S/C21H21N7OS/c1-11-6-13(3)18-16(7-11)12(2)8-17-25-26-21(28(17)18)30-14(4)20(29)24-19-15(9-22)10-23-27(19)5/h6-8,10,14H,1-5H3,(H,24,29). The molecular formula is C21H21N7OS. The van der Waals surface area contributed by atoms with Crippen molar-refractivity contribution in [1.29, 1.82) is 5.26 Å². The van der Waals surface area contributed by atoms with E-state index in [1.165, 1.54) is 28.2 Å². The Balaban J connectivity index is 1.70. The predicted molar refractivity (Wildman–Crippen MR) is 117 cm³/mol. The van der Waals surface area contributed by atoms with Gasteiger partial charge in [0.2, 0.25) is 5.91 Å². The zero-order valence-corrected chi connectivity index (χ0v) is 18.2. The number of hydrogen-bond acceptors (Lipinski definition) is 6. The van der Waals surface area contributed by atoms with E-state index in [4.69, 9.17) is 0 Å². The van der Waals surface area contributed by atoms with Gasteiger partial charge in [-0.05, 0) is 51.0 Å². The van der Waals surface area contributed by atoms with Crippen LogP contribution in [0.5, 0.6) is 0 Å². The fraction of sp³-hybridized carbons (Fsp3) is 0.286. The van der Waals surface area contributed by atoms with Crippen molar-refractivity contribution in [3.8, 4) is 6.07 Å². The Labute approximate surface area is 177 Å². The van der Waals surface area contributed by atoms with Crippen LogP contribution in [0.4, 0.5) is 5.82 Å². The van der Waals surface area contributed by atoms with Crippen molar-refractivity contribution in [3.05, 3.63) is 46.6 Å². The van der Waals surface area contributed by atoms with Crippen LogP contribution < -0.4 is 5.32 Å². The number of carbonyl (C=O) groups is 1. The Bertz CT molecular complexity index is 1350. The summed E-state index contributed by atoms with van der Waals surface area (Å²) in [6, 6.07) is 8.34. The van der Waals surface area contributed by atoms with Crippen LogP contribution in [0.1, 0.15) is 29.2 Å². The smallest absolute Gasteiger partial charge is 0.238 e. The zero-order valence-electron chi connectivity index (χ0n) is 17.4. The number of amides is 1. The highest BCUT2D eigenvalue weighted by Gasteiger charge is 2.22. The summed E-state index contributed by atoms with van der Waals surface area (Å²) < 4.78 is 3.48. The third-order valence-corrected chi connectivity index (χ3v) is 6.09. The summed E-state index contributed by atoms with van der Waals surface area (Å²) in [6.07, 6.45) is 1.43. The van der Waals surface area contributed by atoms with Crippen molar-refractivity contribution >= 4 is 40.0 Å². The van der Waals surface area contributed by atoms with Gasteiger partial charge in [0.05, 0.1) is 17.0 Å². The van der Waals surface area contributed by atoms with Gasteiger partial charge >= 0.3 is 0 Å². The molecule has 1 amide bonds. The van der Waals surface area contributed by atoms with Crippen LogP contribution in [-0.2, 0) is 11.8 Å². The van der Waals surface area contributed by atoms with Crippen LogP contribution in [0.25, 0.3) is 16.6 Å². The quantitative estimate of drug-likeness (QED) is 0.508. The van der Waals surface area contributed by atoms with E-state index in [0.717, 1.165) is 27.7 Å². The fourth-order valence-electron chi connectivity index (χ4n) is 3.59. The number of pyridine rings is 1. The molecule has 30 heavy (non-hydrogen) atoms. The third kappa shape index (κ3) is 3.29. The van der Waals surface area contributed by atoms with Crippen LogP contribution >= 0.6 is 11.8 Å². The molecule has 0 spiro atoms. The summed E-state index contributed by atoms with van der Waals surface area (Å²) in [5, 5.41) is 26.0. The summed E-state index contributed by atoms with van der Waals surface area (Å²) in [5.74, 6) is 0.147. The highest BCUT2D eigenvalue weighted by atomic mass is 32.2. The van der Waals surface area contributed by atoms with Crippen molar-refractivity contribution < 1.29 is 4.79 Å². The second-order valence-electron chi connectivity index (χ2n) is 7.37. The molecule has 8 nitrogen and oxygen atoms in total. The molecule has 0 aliphatic heterocycles. The van der Waals surface area contributed by atoms with Gasteiger partial charge in [-0.25, -0.2) is 0 Å². The molecule has 0 saturated heterocycles. The Kier molecular flexibility index (Phi) is 4.95. The molecule has 0 bridgehead atoms. The number of carbonyl (C=O) groups excluding carboxylic acids is 1. The molecule has 4 rings (SSSR count). The minimum Gasteiger partial charge on any atom is -0.309 e. The monoisotopic (exact) mass is 419 g/mol. The summed E-state index contributed by atoms with van der Waals surface area (Å²) in [5.41, 5.74) is 5.59. The molecule has 4 aromatic rings.